The first-order chi connectivity index (χ1) is 16.5. The minimum atomic E-state index is -0.179. The summed E-state index contributed by atoms with van der Waals surface area (Å²) in [5, 5.41) is 13.2. The topological polar surface area (TPSA) is 81.3 Å². The molecule has 0 aliphatic heterocycles. The molecule has 7 nitrogen and oxygen atoms in total. The van der Waals surface area contributed by atoms with Crippen molar-refractivity contribution < 1.29 is 4.79 Å². The van der Waals surface area contributed by atoms with Crippen molar-refractivity contribution in [2.24, 2.45) is 0 Å². The quantitative estimate of drug-likeness (QED) is 0.347. The van der Waals surface area contributed by atoms with E-state index in [1.807, 2.05) is 53.8 Å². The molecule has 170 valence electrons. The van der Waals surface area contributed by atoms with Crippen LogP contribution >= 0.6 is 23.4 Å². The molecule has 34 heavy (non-hydrogen) atoms. The van der Waals surface area contributed by atoms with Gasteiger partial charge in [-0.05, 0) is 48.9 Å². The Bertz CT molecular complexity index is 1560. The van der Waals surface area contributed by atoms with Gasteiger partial charge < -0.3 is 5.32 Å². The highest BCUT2D eigenvalue weighted by molar-refractivity contribution is 7.99. The van der Waals surface area contributed by atoms with E-state index in [-0.39, 0.29) is 17.2 Å². The van der Waals surface area contributed by atoms with E-state index in [9.17, 15) is 9.59 Å². The number of aryl methyl sites for hydroxylation is 1. The molecule has 0 spiro atoms. The highest BCUT2D eigenvalue weighted by atomic mass is 35.5. The first-order valence-corrected chi connectivity index (χ1v) is 12.0. The number of rotatable bonds is 6. The summed E-state index contributed by atoms with van der Waals surface area (Å²) in [5.41, 5.74) is 3.38. The molecule has 3 aromatic carbocycles. The zero-order chi connectivity index (χ0) is 23.7. The van der Waals surface area contributed by atoms with Crippen LogP contribution in [0.1, 0.15) is 11.1 Å². The smallest absolute Gasteiger partial charge is 0.263 e. The number of carbonyl (C=O) groups excluding carboxylic acids is 1. The second-order valence-electron chi connectivity index (χ2n) is 7.86. The summed E-state index contributed by atoms with van der Waals surface area (Å²) in [5.74, 6) is 0.390. The Balaban J connectivity index is 1.49. The van der Waals surface area contributed by atoms with Gasteiger partial charge in [0.25, 0.3) is 5.56 Å². The molecule has 2 aromatic heterocycles. The van der Waals surface area contributed by atoms with Gasteiger partial charge >= 0.3 is 0 Å². The maximum Gasteiger partial charge on any atom is 0.263 e. The number of nitrogens with one attached hydrogen (secondary N) is 1. The van der Waals surface area contributed by atoms with Crippen LogP contribution in [0.4, 0.5) is 5.69 Å². The van der Waals surface area contributed by atoms with E-state index < -0.39 is 0 Å². The number of nitrogens with zero attached hydrogens (tertiary/aromatic N) is 4. The first-order valence-electron chi connectivity index (χ1n) is 10.6. The van der Waals surface area contributed by atoms with Crippen LogP contribution in [-0.2, 0) is 11.3 Å². The summed E-state index contributed by atoms with van der Waals surface area (Å²) in [4.78, 5) is 25.8. The second kappa shape index (κ2) is 9.32. The number of hydrogen-bond acceptors (Lipinski definition) is 5. The van der Waals surface area contributed by atoms with Gasteiger partial charge in [-0.2, -0.15) is 0 Å². The Morgan fingerprint density at radius 1 is 1.00 bits per heavy atom. The van der Waals surface area contributed by atoms with E-state index >= 15 is 0 Å². The Kier molecular flexibility index (Phi) is 6.08. The summed E-state index contributed by atoms with van der Waals surface area (Å²) >= 11 is 7.16. The molecule has 1 N–H and O–H groups in total. The third-order valence-corrected chi connectivity index (χ3v) is 6.58. The Morgan fingerprint density at radius 3 is 2.50 bits per heavy atom. The predicted molar refractivity (Wildman–Crippen MR) is 136 cm³/mol. The summed E-state index contributed by atoms with van der Waals surface area (Å²) in [6, 6.07) is 22.3. The van der Waals surface area contributed by atoms with Gasteiger partial charge in [-0.25, -0.2) is 0 Å². The molecule has 0 saturated carbocycles. The van der Waals surface area contributed by atoms with Gasteiger partial charge in [0.1, 0.15) is 0 Å². The maximum atomic E-state index is 13.3. The predicted octanol–water partition coefficient (Wildman–Crippen LogP) is 4.79. The standard InChI is InChI=1S/C25H20ClN5O2S/c1-16-6-8-17(9-7-16)14-30-23(33)20-4-2-3-5-21(20)31-24(30)28-29-25(31)34-15-22(32)27-19-12-10-18(26)11-13-19/h2-13H,14-15H2,1H3,(H,27,32). The highest BCUT2D eigenvalue weighted by Gasteiger charge is 2.18. The number of amides is 1. The van der Waals surface area contributed by atoms with Gasteiger partial charge in [-0.1, -0.05) is 65.3 Å². The monoisotopic (exact) mass is 489 g/mol. The van der Waals surface area contributed by atoms with Crippen molar-refractivity contribution in [3.8, 4) is 0 Å². The second-order valence-corrected chi connectivity index (χ2v) is 9.23. The van der Waals surface area contributed by atoms with Crippen molar-refractivity contribution >= 4 is 51.6 Å². The Morgan fingerprint density at radius 2 is 1.74 bits per heavy atom. The van der Waals surface area contributed by atoms with Crippen molar-refractivity contribution in [3.05, 3.63) is 99.3 Å². The van der Waals surface area contributed by atoms with Crippen molar-refractivity contribution in [1.82, 2.24) is 19.2 Å². The maximum absolute atomic E-state index is 13.3. The van der Waals surface area contributed by atoms with Gasteiger partial charge in [0.05, 0.1) is 23.2 Å². The molecule has 0 atom stereocenters. The minimum Gasteiger partial charge on any atom is -0.325 e. The number of thioether (sulfide) groups is 1. The van der Waals surface area contributed by atoms with Crippen LogP contribution in [0.15, 0.2) is 82.7 Å². The molecule has 0 saturated heterocycles. The fourth-order valence-corrected chi connectivity index (χ4v) is 4.57. The lowest BCUT2D eigenvalue weighted by atomic mass is 10.1. The van der Waals surface area contributed by atoms with Crippen LogP contribution in [0, 0.1) is 6.92 Å². The van der Waals surface area contributed by atoms with Crippen LogP contribution in [0.2, 0.25) is 5.02 Å². The van der Waals surface area contributed by atoms with Crippen molar-refractivity contribution in [1.29, 1.82) is 0 Å². The van der Waals surface area contributed by atoms with Crippen LogP contribution < -0.4 is 10.9 Å². The zero-order valence-electron chi connectivity index (χ0n) is 18.2. The number of benzene rings is 3. The lowest BCUT2D eigenvalue weighted by molar-refractivity contribution is -0.113. The third-order valence-electron chi connectivity index (χ3n) is 5.40. The summed E-state index contributed by atoms with van der Waals surface area (Å²) in [6.07, 6.45) is 0. The van der Waals surface area contributed by atoms with E-state index in [1.165, 1.54) is 11.8 Å². The minimum absolute atomic E-state index is 0.131. The number of anilines is 1. The van der Waals surface area contributed by atoms with Gasteiger partial charge in [0, 0.05) is 10.7 Å². The molecule has 0 aliphatic carbocycles. The molecule has 1 amide bonds. The lowest BCUT2D eigenvalue weighted by Gasteiger charge is -2.11. The van der Waals surface area contributed by atoms with Crippen LogP contribution in [0.3, 0.4) is 0 Å². The Labute approximate surface area is 204 Å². The van der Waals surface area contributed by atoms with E-state index in [1.54, 1.807) is 34.9 Å². The van der Waals surface area contributed by atoms with E-state index in [0.717, 1.165) is 11.1 Å². The molecule has 0 aliphatic rings. The summed E-state index contributed by atoms with van der Waals surface area (Å²) < 4.78 is 3.46. The van der Waals surface area contributed by atoms with E-state index in [2.05, 4.69) is 15.5 Å². The average molecular weight is 490 g/mol. The zero-order valence-corrected chi connectivity index (χ0v) is 19.8. The number of fused-ring (bicyclic) bond motifs is 3. The largest absolute Gasteiger partial charge is 0.325 e. The number of hydrogen-bond donors (Lipinski definition) is 1. The molecule has 2 heterocycles. The molecular formula is C25H20ClN5O2S. The van der Waals surface area contributed by atoms with Gasteiger partial charge in [0.15, 0.2) is 5.16 Å². The van der Waals surface area contributed by atoms with E-state index in [0.29, 0.717) is 39.1 Å². The van der Waals surface area contributed by atoms with Gasteiger partial charge in [-0.3, -0.25) is 18.6 Å². The average Bonchev–Trinajstić information content (AvgIpc) is 3.27. The third kappa shape index (κ3) is 4.42. The number of halogens is 1. The molecule has 0 unspecified atom stereocenters. The number of aromatic nitrogens is 4. The molecule has 0 fully saturated rings. The van der Waals surface area contributed by atoms with Gasteiger partial charge in [0.2, 0.25) is 11.7 Å². The number of carbonyl (C=O) groups is 1. The molecular weight excluding hydrogens is 470 g/mol. The fourth-order valence-electron chi connectivity index (χ4n) is 3.71. The molecule has 5 aromatic rings. The molecule has 0 bridgehead atoms. The number of para-hydroxylation sites is 1. The van der Waals surface area contributed by atoms with Gasteiger partial charge in [-0.15, -0.1) is 10.2 Å². The SMILES string of the molecule is Cc1ccc(Cn2c(=O)c3ccccc3n3c(SCC(=O)Nc4ccc(Cl)cc4)nnc23)cc1. The summed E-state index contributed by atoms with van der Waals surface area (Å²) in [6.45, 7) is 2.39. The highest BCUT2D eigenvalue weighted by Crippen LogP contribution is 2.22. The van der Waals surface area contributed by atoms with Crippen molar-refractivity contribution in [2.45, 2.75) is 18.6 Å². The normalized spacial score (nSPS) is 11.2. The van der Waals surface area contributed by atoms with Crippen LogP contribution in [0.25, 0.3) is 16.7 Å². The van der Waals surface area contributed by atoms with Crippen LogP contribution in [-0.4, -0.2) is 30.8 Å². The van der Waals surface area contributed by atoms with E-state index in [4.69, 9.17) is 11.6 Å². The lowest BCUT2D eigenvalue weighted by Crippen LogP contribution is -2.24. The molecule has 0 radical (unpaired) electrons. The Hall–Kier alpha value is -3.62. The fraction of sp³-hybridized carbons (Fsp3) is 0.120. The summed E-state index contributed by atoms with van der Waals surface area (Å²) in [7, 11) is 0. The first kappa shape index (κ1) is 22.2. The van der Waals surface area contributed by atoms with Crippen molar-refractivity contribution in [2.75, 3.05) is 11.1 Å². The molecule has 9 heteroatoms. The van der Waals surface area contributed by atoms with Crippen LogP contribution in [0.5, 0.6) is 0 Å². The molecule has 5 rings (SSSR count). The van der Waals surface area contributed by atoms with Crippen molar-refractivity contribution in [3.63, 3.8) is 0 Å².